The van der Waals surface area contributed by atoms with Crippen molar-refractivity contribution in [3.8, 4) is 0 Å². The lowest BCUT2D eigenvalue weighted by Gasteiger charge is -2.15. The molecule has 98 valence electrons. The lowest BCUT2D eigenvalue weighted by Crippen LogP contribution is -2.35. The van der Waals surface area contributed by atoms with Gasteiger partial charge in [0.05, 0.1) is 17.0 Å². The third-order valence-corrected chi connectivity index (χ3v) is 3.64. The van der Waals surface area contributed by atoms with Crippen molar-refractivity contribution in [1.29, 1.82) is 0 Å². The number of imide groups is 1. The molecule has 5 nitrogen and oxygen atoms in total. The number of amides is 2. The zero-order valence-corrected chi connectivity index (χ0v) is 10.5. The molecule has 0 spiro atoms. The third kappa shape index (κ3) is 1.91. The van der Waals surface area contributed by atoms with Crippen LogP contribution < -0.4 is 0 Å². The molecule has 1 fully saturated rings. The van der Waals surface area contributed by atoms with E-state index in [1.54, 1.807) is 31.2 Å². The van der Waals surface area contributed by atoms with Crippen molar-refractivity contribution in [3.63, 3.8) is 0 Å². The summed E-state index contributed by atoms with van der Waals surface area (Å²) in [7, 11) is 0. The van der Waals surface area contributed by atoms with Gasteiger partial charge in [-0.1, -0.05) is 24.1 Å². The summed E-state index contributed by atoms with van der Waals surface area (Å²) in [5.74, 6) is -1.61. The maximum atomic E-state index is 12.0. The summed E-state index contributed by atoms with van der Waals surface area (Å²) in [6.45, 7) is 1.76. The Morgan fingerprint density at radius 3 is 2.21 bits per heavy atom. The van der Waals surface area contributed by atoms with Crippen molar-refractivity contribution in [3.05, 3.63) is 35.4 Å². The smallest absolute Gasteiger partial charge is 0.329 e. The standard InChI is InChI=1S/C14H13NO4/c1-8(9-6-7-9)14(18)19-15-12(16)10-4-2-3-5-11(10)13(15)17/h2-5,8-9H,6-7H2,1H3. The van der Waals surface area contributed by atoms with Crippen LogP contribution in [-0.4, -0.2) is 22.8 Å². The molecule has 5 heteroatoms. The molecule has 0 bridgehead atoms. The van der Waals surface area contributed by atoms with Crippen molar-refractivity contribution in [2.24, 2.45) is 11.8 Å². The van der Waals surface area contributed by atoms with E-state index in [2.05, 4.69) is 0 Å². The Morgan fingerprint density at radius 1 is 1.21 bits per heavy atom. The first kappa shape index (κ1) is 11.9. The molecular formula is C14H13NO4. The van der Waals surface area contributed by atoms with Gasteiger partial charge in [0.25, 0.3) is 11.8 Å². The molecule has 1 aliphatic heterocycles. The van der Waals surface area contributed by atoms with E-state index in [0.29, 0.717) is 11.0 Å². The number of hydrogen-bond acceptors (Lipinski definition) is 4. The average Bonchev–Trinajstić information content (AvgIpc) is 3.23. The van der Waals surface area contributed by atoms with Crippen LogP contribution in [0.15, 0.2) is 24.3 Å². The van der Waals surface area contributed by atoms with Gasteiger partial charge in [0.1, 0.15) is 0 Å². The first-order valence-corrected chi connectivity index (χ1v) is 6.29. The van der Waals surface area contributed by atoms with Gasteiger partial charge in [-0.25, -0.2) is 4.79 Å². The number of hydroxylamine groups is 2. The van der Waals surface area contributed by atoms with E-state index in [1.807, 2.05) is 0 Å². The Kier molecular flexibility index (Phi) is 2.62. The van der Waals surface area contributed by atoms with Gasteiger partial charge < -0.3 is 4.84 Å². The molecule has 1 saturated carbocycles. The number of carbonyl (C=O) groups is 3. The van der Waals surface area contributed by atoms with Crippen molar-refractivity contribution < 1.29 is 19.2 Å². The number of carbonyl (C=O) groups excluding carboxylic acids is 3. The zero-order valence-electron chi connectivity index (χ0n) is 10.5. The highest BCUT2D eigenvalue weighted by atomic mass is 16.7. The summed E-state index contributed by atoms with van der Waals surface area (Å²) >= 11 is 0. The summed E-state index contributed by atoms with van der Waals surface area (Å²) < 4.78 is 0. The van der Waals surface area contributed by atoms with Gasteiger partial charge in [-0.2, -0.15) is 0 Å². The van der Waals surface area contributed by atoms with Gasteiger partial charge in [0.15, 0.2) is 0 Å². The van der Waals surface area contributed by atoms with Crippen molar-refractivity contribution in [1.82, 2.24) is 5.06 Å². The van der Waals surface area contributed by atoms with Crippen LogP contribution in [0.4, 0.5) is 0 Å². The van der Waals surface area contributed by atoms with Crippen LogP contribution >= 0.6 is 0 Å². The summed E-state index contributed by atoms with van der Waals surface area (Å²) in [5.41, 5.74) is 0.554. The Bertz CT molecular complexity index is 542. The van der Waals surface area contributed by atoms with Crippen molar-refractivity contribution >= 4 is 17.8 Å². The van der Waals surface area contributed by atoms with Crippen LogP contribution in [0.5, 0.6) is 0 Å². The average molecular weight is 259 g/mol. The van der Waals surface area contributed by atoms with E-state index in [4.69, 9.17) is 4.84 Å². The first-order valence-electron chi connectivity index (χ1n) is 6.29. The fourth-order valence-electron chi connectivity index (χ4n) is 2.21. The predicted molar refractivity (Wildman–Crippen MR) is 64.9 cm³/mol. The van der Waals surface area contributed by atoms with E-state index in [0.717, 1.165) is 12.8 Å². The molecule has 1 heterocycles. The molecule has 3 rings (SSSR count). The van der Waals surface area contributed by atoms with E-state index in [9.17, 15) is 14.4 Å². The number of fused-ring (bicyclic) bond motifs is 1. The fraction of sp³-hybridized carbons (Fsp3) is 0.357. The Labute approximate surface area is 110 Å². The van der Waals surface area contributed by atoms with Crippen molar-refractivity contribution in [2.45, 2.75) is 19.8 Å². The molecular weight excluding hydrogens is 246 g/mol. The summed E-state index contributed by atoms with van der Waals surface area (Å²) in [4.78, 5) is 40.8. The Hall–Kier alpha value is -2.17. The molecule has 0 N–H and O–H groups in total. The van der Waals surface area contributed by atoms with E-state index in [-0.39, 0.29) is 17.0 Å². The highest BCUT2D eigenvalue weighted by molar-refractivity contribution is 6.20. The Balaban J connectivity index is 1.78. The summed E-state index contributed by atoms with van der Waals surface area (Å²) in [5, 5.41) is 0.575. The molecule has 2 aliphatic rings. The van der Waals surface area contributed by atoms with Gasteiger partial charge in [0.2, 0.25) is 0 Å². The Morgan fingerprint density at radius 2 is 1.74 bits per heavy atom. The molecule has 1 atom stereocenters. The highest BCUT2D eigenvalue weighted by Crippen LogP contribution is 2.37. The summed E-state index contributed by atoms with van der Waals surface area (Å²) in [6.07, 6.45) is 2.00. The van der Waals surface area contributed by atoms with Crippen LogP contribution in [0.2, 0.25) is 0 Å². The van der Waals surface area contributed by atoms with E-state index in [1.165, 1.54) is 0 Å². The molecule has 1 aromatic carbocycles. The third-order valence-electron chi connectivity index (χ3n) is 3.64. The van der Waals surface area contributed by atoms with Crippen LogP contribution in [0.3, 0.4) is 0 Å². The summed E-state index contributed by atoms with van der Waals surface area (Å²) in [6, 6.07) is 6.44. The van der Waals surface area contributed by atoms with Gasteiger partial charge in [-0.05, 0) is 30.9 Å². The lowest BCUT2D eigenvalue weighted by molar-refractivity contribution is -0.173. The normalized spacial score (nSPS) is 19.3. The molecule has 2 amide bonds. The maximum Gasteiger partial charge on any atom is 0.336 e. The van der Waals surface area contributed by atoms with E-state index < -0.39 is 17.8 Å². The number of nitrogens with zero attached hydrogens (tertiary/aromatic N) is 1. The largest absolute Gasteiger partial charge is 0.336 e. The zero-order chi connectivity index (χ0) is 13.6. The quantitative estimate of drug-likeness (QED) is 0.776. The molecule has 1 aliphatic carbocycles. The van der Waals surface area contributed by atoms with Gasteiger partial charge in [0, 0.05) is 0 Å². The highest BCUT2D eigenvalue weighted by Gasteiger charge is 2.41. The second-order valence-corrected chi connectivity index (χ2v) is 4.99. The topological polar surface area (TPSA) is 63.7 Å². The minimum absolute atomic E-state index is 0.274. The SMILES string of the molecule is CC(C(=O)ON1C(=O)c2ccccc2C1=O)C1CC1. The van der Waals surface area contributed by atoms with Crippen LogP contribution in [0.25, 0.3) is 0 Å². The second kappa shape index (κ2) is 4.19. The van der Waals surface area contributed by atoms with Crippen LogP contribution in [0, 0.1) is 11.8 Å². The van der Waals surface area contributed by atoms with Crippen LogP contribution in [0.1, 0.15) is 40.5 Å². The number of hydrogen-bond donors (Lipinski definition) is 0. The number of rotatable bonds is 3. The molecule has 1 aromatic rings. The first-order chi connectivity index (χ1) is 9.09. The monoisotopic (exact) mass is 259 g/mol. The minimum atomic E-state index is -0.572. The molecule has 0 radical (unpaired) electrons. The fourth-order valence-corrected chi connectivity index (χ4v) is 2.21. The van der Waals surface area contributed by atoms with Gasteiger partial charge in [-0.15, -0.1) is 0 Å². The minimum Gasteiger partial charge on any atom is -0.329 e. The lowest BCUT2D eigenvalue weighted by atomic mass is 10.1. The van der Waals surface area contributed by atoms with Gasteiger partial charge >= 0.3 is 5.97 Å². The molecule has 19 heavy (non-hydrogen) atoms. The second-order valence-electron chi connectivity index (χ2n) is 4.99. The molecule has 0 saturated heterocycles. The number of benzene rings is 1. The van der Waals surface area contributed by atoms with Crippen molar-refractivity contribution in [2.75, 3.05) is 0 Å². The van der Waals surface area contributed by atoms with E-state index >= 15 is 0 Å². The molecule has 1 unspecified atom stereocenters. The van der Waals surface area contributed by atoms with Crippen LogP contribution in [-0.2, 0) is 9.63 Å². The maximum absolute atomic E-state index is 12.0. The molecule has 0 aromatic heterocycles. The predicted octanol–water partition coefficient (Wildman–Crippen LogP) is 1.79. The van der Waals surface area contributed by atoms with Gasteiger partial charge in [-0.3, -0.25) is 9.59 Å².